The lowest BCUT2D eigenvalue weighted by Crippen LogP contribution is -2.13. The summed E-state index contributed by atoms with van der Waals surface area (Å²) in [6.45, 7) is 7.25. The first-order valence-corrected chi connectivity index (χ1v) is 4.82. The Morgan fingerprint density at radius 2 is 2.15 bits per heavy atom. The maximum absolute atomic E-state index is 11.4. The van der Waals surface area contributed by atoms with E-state index >= 15 is 0 Å². The predicted octanol–water partition coefficient (Wildman–Crippen LogP) is 2.07. The molecule has 0 atom stereocenters. The van der Waals surface area contributed by atoms with Crippen molar-refractivity contribution in [2.24, 2.45) is 5.92 Å². The minimum Gasteiger partial charge on any atom is -0.354 e. The molecule has 0 bridgehead atoms. The van der Waals surface area contributed by atoms with Gasteiger partial charge < -0.3 is 4.57 Å². The number of pyridine rings is 1. The highest BCUT2D eigenvalue weighted by Crippen LogP contribution is 2.02. The molecule has 0 aliphatic carbocycles. The summed E-state index contributed by atoms with van der Waals surface area (Å²) in [6.07, 6.45) is 4.67. The number of nitrogens with zero attached hydrogens (tertiary/aromatic N) is 1. The van der Waals surface area contributed by atoms with Crippen molar-refractivity contribution >= 4 is 0 Å². The Labute approximate surface area is 79.2 Å². The van der Waals surface area contributed by atoms with E-state index in [0.717, 1.165) is 18.5 Å². The second-order valence-electron chi connectivity index (χ2n) is 3.76. The molecule has 1 aromatic rings. The molecule has 0 amide bonds. The third-order valence-corrected chi connectivity index (χ3v) is 2.05. The lowest BCUT2D eigenvalue weighted by molar-refractivity contribution is 0.633. The fourth-order valence-electron chi connectivity index (χ4n) is 1.37. The van der Waals surface area contributed by atoms with E-state index in [4.69, 9.17) is 0 Å². The molecule has 2 nitrogen and oxygen atoms in total. The Morgan fingerprint density at radius 3 is 2.69 bits per heavy atom. The highest BCUT2D eigenvalue weighted by molar-refractivity contribution is 5.11. The first-order chi connectivity index (χ1) is 6.13. The smallest absolute Gasteiger partial charge is 0.184 e. The van der Waals surface area contributed by atoms with Crippen LogP contribution in [0.15, 0.2) is 23.3 Å². The van der Waals surface area contributed by atoms with E-state index in [1.165, 1.54) is 0 Å². The maximum atomic E-state index is 11.4. The van der Waals surface area contributed by atoms with Crippen molar-refractivity contribution < 1.29 is 0 Å². The van der Waals surface area contributed by atoms with E-state index in [1.807, 2.05) is 17.0 Å². The zero-order chi connectivity index (χ0) is 9.84. The zero-order valence-corrected chi connectivity index (χ0v) is 8.58. The van der Waals surface area contributed by atoms with Crippen LogP contribution in [0, 0.1) is 5.92 Å². The minimum absolute atomic E-state index is 0.165. The lowest BCUT2D eigenvalue weighted by Gasteiger charge is -2.07. The maximum Gasteiger partial charge on any atom is 0.184 e. The van der Waals surface area contributed by atoms with Gasteiger partial charge in [-0.1, -0.05) is 13.8 Å². The highest BCUT2D eigenvalue weighted by Gasteiger charge is 2.02. The monoisotopic (exact) mass is 179 g/mol. The van der Waals surface area contributed by atoms with Crippen LogP contribution in [0.25, 0.3) is 0 Å². The van der Waals surface area contributed by atoms with Gasteiger partial charge in [0.1, 0.15) is 0 Å². The topological polar surface area (TPSA) is 22.0 Å². The van der Waals surface area contributed by atoms with Gasteiger partial charge in [0.2, 0.25) is 0 Å². The van der Waals surface area contributed by atoms with Gasteiger partial charge >= 0.3 is 0 Å². The summed E-state index contributed by atoms with van der Waals surface area (Å²) in [5.41, 5.74) is 1.10. The Hall–Kier alpha value is -1.05. The molecule has 0 radical (unpaired) electrons. The van der Waals surface area contributed by atoms with E-state index in [1.54, 1.807) is 6.07 Å². The number of rotatable bonds is 3. The van der Waals surface area contributed by atoms with Crippen LogP contribution in [0.5, 0.6) is 0 Å². The lowest BCUT2D eigenvalue weighted by atomic mass is 10.0. The van der Waals surface area contributed by atoms with Crippen molar-refractivity contribution in [2.75, 3.05) is 0 Å². The Morgan fingerprint density at radius 1 is 1.46 bits per heavy atom. The average Bonchev–Trinajstić information content (AvgIpc) is 2.08. The molecule has 72 valence electrons. The summed E-state index contributed by atoms with van der Waals surface area (Å²) in [4.78, 5) is 11.4. The van der Waals surface area contributed by atoms with Crippen LogP contribution in [0.1, 0.15) is 26.3 Å². The molecule has 0 fully saturated rings. The molecule has 1 aromatic heterocycles. The molecule has 0 unspecified atom stereocenters. The average molecular weight is 179 g/mol. The van der Waals surface area contributed by atoms with Crippen LogP contribution in [-0.2, 0) is 13.0 Å². The van der Waals surface area contributed by atoms with Gasteiger partial charge in [0.05, 0.1) is 0 Å². The largest absolute Gasteiger partial charge is 0.354 e. The third-order valence-electron chi connectivity index (χ3n) is 2.05. The van der Waals surface area contributed by atoms with E-state index in [0.29, 0.717) is 5.92 Å². The van der Waals surface area contributed by atoms with Crippen LogP contribution >= 0.6 is 0 Å². The molecule has 0 aliphatic heterocycles. The number of aromatic nitrogens is 1. The van der Waals surface area contributed by atoms with E-state index < -0.39 is 0 Å². The van der Waals surface area contributed by atoms with Crippen molar-refractivity contribution in [2.45, 2.75) is 33.7 Å². The van der Waals surface area contributed by atoms with Crippen LogP contribution in [0.4, 0.5) is 0 Å². The quantitative estimate of drug-likeness (QED) is 0.696. The summed E-state index contributed by atoms with van der Waals surface area (Å²) in [7, 11) is 0. The van der Waals surface area contributed by atoms with Gasteiger partial charge in [-0.2, -0.15) is 0 Å². The Bertz CT molecular complexity index is 325. The minimum atomic E-state index is 0.165. The van der Waals surface area contributed by atoms with E-state index in [9.17, 15) is 4.79 Å². The molecular formula is C11H17NO. The second kappa shape index (κ2) is 4.26. The molecular weight excluding hydrogens is 162 g/mol. The van der Waals surface area contributed by atoms with Crippen LogP contribution < -0.4 is 5.43 Å². The second-order valence-corrected chi connectivity index (χ2v) is 3.76. The normalized spacial score (nSPS) is 10.8. The number of hydrogen-bond donors (Lipinski definition) is 0. The fourth-order valence-corrected chi connectivity index (χ4v) is 1.37. The summed E-state index contributed by atoms with van der Waals surface area (Å²) >= 11 is 0. The standard InChI is InChI=1S/C11H17NO/c1-4-12-6-5-11(13)10(8-12)7-9(2)3/h5-6,8-9H,4,7H2,1-3H3. The molecule has 0 N–H and O–H groups in total. The summed E-state index contributed by atoms with van der Waals surface area (Å²) in [5.74, 6) is 0.542. The third kappa shape index (κ3) is 2.72. The molecule has 0 aliphatic rings. The van der Waals surface area contributed by atoms with Crippen molar-refractivity contribution in [3.63, 3.8) is 0 Å². The SMILES string of the molecule is CCn1ccc(=O)c(CC(C)C)c1. The Kier molecular flexibility index (Phi) is 3.29. The summed E-state index contributed by atoms with van der Waals surface area (Å²) < 4.78 is 2.04. The van der Waals surface area contributed by atoms with Gasteiger partial charge in [-0.25, -0.2) is 0 Å². The van der Waals surface area contributed by atoms with Gasteiger partial charge in [-0.05, 0) is 19.3 Å². The number of aryl methyl sites for hydroxylation is 1. The van der Waals surface area contributed by atoms with Crippen molar-refractivity contribution in [3.05, 3.63) is 34.2 Å². The highest BCUT2D eigenvalue weighted by atomic mass is 16.1. The van der Waals surface area contributed by atoms with Gasteiger partial charge in [-0.15, -0.1) is 0 Å². The molecule has 0 saturated carbocycles. The number of hydrogen-bond acceptors (Lipinski definition) is 1. The molecule has 1 heterocycles. The predicted molar refractivity (Wildman–Crippen MR) is 54.9 cm³/mol. The molecule has 0 spiro atoms. The van der Waals surface area contributed by atoms with Gasteiger partial charge in [0.15, 0.2) is 5.43 Å². The van der Waals surface area contributed by atoms with Gasteiger partial charge in [-0.3, -0.25) is 4.79 Å². The van der Waals surface area contributed by atoms with Crippen LogP contribution in [0.3, 0.4) is 0 Å². The van der Waals surface area contributed by atoms with Gasteiger partial charge in [0.25, 0.3) is 0 Å². The molecule has 0 saturated heterocycles. The zero-order valence-electron chi connectivity index (χ0n) is 8.58. The van der Waals surface area contributed by atoms with E-state index in [-0.39, 0.29) is 5.43 Å². The molecule has 1 rings (SSSR count). The molecule has 13 heavy (non-hydrogen) atoms. The van der Waals surface area contributed by atoms with Gasteiger partial charge in [0, 0.05) is 30.6 Å². The van der Waals surface area contributed by atoms with E-state index in [2.05, 4.69) is 20.8 Å². The summed E-state index contributed by atoms with van der Waals surface area (Å²) in [5, 5.41) is 0. The van der Waals surface area contributed by atoms with Crippen molar-refractivity contribution in [1.82, 2.24) is 4.57 Å². The molecule has 0 aromatic carbocycles. The van der Waals surface area contributed by atoms with Crippen molar-refractivity contribution in [3.8, 4) is 0 Å². The van der Waals surface area contributed by atoms with Crippen LogP contribution in [0.2, 0.25) is 0 Å². The first-order valence-electron chi connectivity index (χ1n) is 4.82. The van der Waals surface area contributed by atoms with Crippen molar-refractivity contribution in [1.29, 1.82) is 0 Å². The fraction of sp³-hybridized carbons (Fsp3) is 0.545. The Balaban J connectivity index is 2.97. The summed E-state index contributed by atoms with van der Waals surface area (Å²) in [6, 6.07) is 1.65. The first kappa shape index (κ1) is 10.0. The van der Waals surface area contributed by atoms with Crippen LogP contribution in [-0.4, -0.2) is 4.57 Å². The molecule has 2 heteroatoms.